The second kappa shape index (κ2) is 12.0. The van der Waals surface area contributed by atoms with Crippen molar-refractivity contribution in [2.24, 2.45) is 0 Å². The van der Waals surface area contributed by atoms with Gasteiger partial charge in [-0.2, -0.15) is 0 Å². The number of hydrogen-bond acceptors (Lipinski definition) is 8. The Morgan fingerprint density at radius 2 is 1.68 bits per heavy atom. The average Bonchev–Trinajstić information content (AvgIpc) is 3.60. The first-order valence-electron chi connectivity index (χ1n) is 12.9. The van der Waals surface area contributed by atoms with Gasteiger partial charge in [0.2, 0.25) is 0 Å². The molecule has 0 spiro atoms. The van der Waals surface area contributed by atoms with E-state index in [1.165, 1.54) is 16.2 Å². The van der Waals surface area contributed by atoms with Crippen LogP contribution in [-0.2, 0) is 16.2 Å². The highest BCUT2D eigenvalue weighted by atomic mass is 32.1. The van der Waals surface area contributed by atoms with Crippen LogP contribution >= 0.6 is 11.3 Å². The molecule has 5 rings (SSSR count). The third-order valence-electron chi connectivity index (χ3n) is 6.33. The Morgan fingerprint density at radius 3 is 2.35 bits per heavy atom. The van der Waals surface area contributed by atoms with Gasteiger partial charge in [-0.3, -0.25) is 14.5 Å². The summed E-state index contributed by atoms with van der Waals surface area (Å²) in [5, 5.41) is 13.5. The first-order chi connectivity index (χ1) is 19.5. The second-order valence-corrected chi connectivity index (χ2v) is 9.73. The molecule has 1 N–H and O–H groups in total. The van der Waals surface area contributed by atoms with Crippen molar-refractivity contribution in [2.45, 2.75) is 26.5 Å². The van der Waals surface area contributed by atoms with Crippen LogP contribution in [0.15, 0.2) is 89.9 Å². The smallest absolute Gasteiger partial charge is 0.301 e. The minimum atomic E-state index is -0.930. The highest BCUT2D eigenvalue weighted by Crippen LogP contribution is 2.44. The molecule has 2 heterocycles. The predicted molar refractivity (Wildman–Crippen MR) is 153 cm³/mol. The van der Waals surface area contributed by atoms with Crippen LogP contribution in [0.1, 0.15) is 36.6 Å². The Labute approximate surface area is 236 Å². The molecule has 1 amide bonds. The zero-order valence-corrected chi connectivity index (χ0v) is 22.9. The summed E-state index contributed by atoms with van der Waals surface area (Å²) < 4.78 is 17.5. The van der Waals surface area contributed by atoms with Crippen LogP contribution in [0.2, 0.25) is 0 Å². The minimum absolute atomic E-state index is 0.0373. The lowest BCUT2D eigenvalue weighted by Gasteiger charge is -2.24. The molecule has 40 heavy (non-hydrogen) atoms. The number of hydrogen-bond donors (Lipinski definition) is 1. The van der Waals surface area contributed by atoms with Crippen LogP contribution in [0.5, 0.6) is 17.2 Å². The van der Waals surface area contributed by atoms with E-state index in [1.54, 1.807) is 54.0 Å². The van der Waals surface area contributed by atoms with Crippen LogP contribution in [0.25, 0.3) is 5.76 Å². The summed E-state index contributed by atoms with van der Waals surface area (Å²) in [4.78, 5) is 32.3. The number of aromatic nitrogens is 1. The summed E-state index contributed by atoms with van der Waals surface area (Å²) in [7, 11) is 0. The molecule has 3 aromatic carbocycles. The van der Waals surface area contributed by atoms with E-state index in [0.29, 0.717) is 53.3 Å². The molecule has 0 saturated carbocycles. The molecule has 1 aliphatic heterocycles. The number of anilines is 1. The number of Topliss-reactive ketones (excluding diaryl/α,β-unsaturated/α-hetero) is 1. The van der Waals surface area contributed by atoms with Crippen molar-refractivity contribution in [3.63, 3.8) is 0 Å². The summed E-state index contributed by atoms with van der Waals surface area (Å²) in [5.74, 6) is -0.239. The van der Waals surface area contributed by atoms with E-state index in [1.807, 2.05) is 44.2 Å². The van der Waals surface area contributed by atoms with Gasteiger partial charge in [-0.15, -0.1) is 11.3 Å². The molecule has 0 radical (unpaired) electrons. The van der Waals surface area contributed by atoms with Gasteiger partial charge < -0.3 is 19.3 Å². The third kappa shape index (κ3) is 5.41. The van der Waals surface area contributed by atoms with Crippen LogP contribution in [0, 0.1) is 0 Å². The maximum atomic E-state index is 13.4. The van der Waals surface area contributed by atoms with Crippen molar-refractivity contribution in [3.05, 3.63) is 107 Å². The fourth-order valence-corrected chi connectivity index (χ4v) is 5.20. The molecule has 1 aliphatic rings. The first-order valence-corrected chi connectivity index (χ1v) is 13.8. The van der Waals surface area contributed by atoms with E-state index in [-0.39, 0.29) is 11.3 Å². The Hall–Kier alpha value is -4.63. The molecule has 8 nitrogen and oxygen atoms in total. The van der Waals surface area contributed by atoms with E-state index in [2.05, 4.69) is 4.98 Å². The standard InChI is InChI=1S/C31H28N2O6S/c1-3-37-23-13-10-21(11-14-23)28(34)26-27(33(30(36)29(26)35)31-32-16-17-40-31)22-12-15-24(25(18-22)38-4-2)39-19-20-8-6-5-7-9-20/h5-18,27,34H,3-4,19H2,1-2H3/b28-26+. The molecule has 1 aromatic heterocycles. The molecule has 1 saturated heterocycles. The van der Waals surface area contributed by atoms with Crippen molar-refractivity contribution in [3.8, 4) is 17.2 Å². The Balaban J connectivity index is 1.58. The van der Waals surface area contributed by atoms with Crippen molar-refractivity contribution in [1.82, 2.24) is 4.98 Å². The predicted octanol–water partition coefficient (Wildman–Crippen LogP) is 6.15. The lowest BCUT2D eigenvalue weighted by Crippen LogP contribution is -2.29. The van der Waals surface area contributed by atoms with Gasteiger partial charge in [0.05, 0.1) is 24.8 Å². The van der Waals surface area contributed by atoms with Crippen molar-refractivity contribution >= 4 is 33.9 Å². The number of amides is 1. The number of carbonyl (C=O) groups is 2. The normalized spacial score (nSPS) is 16.2. The van der Waals surface area contributed by atoms with Crippen LogP contribution in [-0.4, -0.2) is 35.0 Å². The minimum Gasteiger partial charge on any atom is -0.507 e. The zero-order valence-electron chi connectivity index (χ0n) is 22.1. The summed E-state index contributed by atoms with van der Waals surface area (Å²) in [6.07, 6.45) is 1.56. The lowest BCUT2D eigenvalue weighted by molar-refractivity contribution is -0.132. The zero-order chi connectivity index (χ0) is 28.1. The molecule has 204 valence electrons. The van der Waals surface area contributed by atoms with Crippen molar-refractivity contribution in [1.29, 1.82) is 0 Å². The molecule has 9 heteroatoms. The molecule has 1 unspecified atom stereocenters. The molecular weight excluding hydrogens is 528 g/mol. The summed E-state index contributed by atoms with van der Waals surface area (Å²) >= 11 is 1.23. The third-order valence-corrected chi connectivity index (χ3v) is 7.10. The maximum absolute atomic E-state index is 13.4. The SMILES string of the molecule is CCOc1ccc(/C(O)=C2\C(=O)C(=O)N(c3nccs3)C2c2ccc(OCc3ccccc3)c(OCC)c2)cc1. The van der Waals surface area contributed by atoms with Gasteiger partial charge in [0.15, 0.2) is 16.6 Å². The van der Waals surface area contributed by atoms with Crippen molar-refractivity contribution < 1.29 is 28.9 Å². The van der Waals surface area contributed by atoms with Gasteiger partial charge in [0.25, 0.3) is 5.78 Å². The van der Waals surface area contributed by atoms with Crippen LogP contribution < -0.4 is 19.1 Å². The summed E-state index contributed by atoms with van der Waals surface area (Å²) in [6.45, 7) is 4.96. The number of ether oxygens (including phenoxy) is 3. The van der Waals surface area contributed by atoms with Gasteiger partial charge >= 0.3 is 5.91 Å². The average molecular weight is 557 g/mol. The highest BCUT2D eigenvalue weighted by Gasteiger charge is 2.48. The number of nitrogens with zero attached hydrogens (tertiary/aromatic N) is 2. The van der Waals surface area contributed by atoms with Gasteiger partial charge in [-0.05, 0) is 61.4 Å². The number of rotatable bonds is 10. The molecule has 1 fully saturated rings. The van der Waals surface area contributed by atoms with Crippen LogP contribution in [0.3, 0.4) is 0 Å². The van der Waals surface area contributed by atoms with E-state index in [9.17, 15) is 14.7 Å². The fraction of sp³-hybridized carbons (Fsp3) is 0.194. The molecule has 1 atom stereocenters. The van der Waals surface area contributed by atoms with Crippen molar-refractivity contribution in [2.75, 3.05) is 18.1 Å². The maximum Gasteiger partial charge on any atom is 0.301 e. The largest absolute Gasteiger partial charge is 0.507 e. The van der Waals surface area contributed by atoms with Gasteiger partial charge in [0, 0.05) is 17.1 Å². The number of thiazole rings is 1. The molecule has 0 aliphatic carbocycles. The fourth-order valence-electron chi connectivity index (χ4n) is 4.53. The Morgan fingerprint density at radius 1 is 0.925 bits per heavy atom. The van der Waals surface area contributed by atoms with Crippen LogP contribution in [0.4, 0.5) is 5.13 Å². The van der Waals surface area contributed by atoms with E-state index < -0.39 is 17.7 Å². The Bertz CT molecular complexity index is 1520. The Kier molecular flexibility index (Phi) is 8.12. The second-order valence-electron chi connectivity index (χ2n) is 8.85. The van der Waals surface area contributed by atoms with Gasteiger partial charge in [-0.1, -0.05) is 36.4 Å². The van der Waals surface area contributed by atoms with E-state index >= 15 is 0 Å². The number of benzene rings is 3. The van der Waals surface area contributed by atoms with E-state index in [4.69, 9.17) is 14.2 Å². The number of ketones is 1. The first kappa shape index (κ1) is 27.0. The summed E-state index contributed by atoms with van der Waals surface area (Å²) in [6, 6.07) is 20.8. The lowest BCUT2D eigenvalue weighted by atomic mass is 9.95. The van der Waals surface area contributed by atoms with Gasteiger partial charge in [0.1, 0.15) is 18.1 Å². The van der Waals surface area contributed by atoms with Gasteiger partial charge in [-0.25, -0.2) is 4.98 Å². The molecule has 0 bridgehead atoms. The topological polar surface area (TPSA) is 98.2 Å². The number of aliphatic hydroxyl groups excluding tert-OH is 1. The summed E-state index contributed by atoms with van der Waals surface area (Å²) in [5.41, 5.74) is 1.92. The van der Waals surface area contributed by atoms with E-state index in [0.717, 1.165) is 5.56 Å². The quantitative estimate of drug-likeness (QED) is 0.142. The monoisotopic (exact) mass is 556 g/mol. The molecular formula is C31H28N2O6S. The molecule has 4 aromatic rings. The highest BCUT2D eigenvalue weighted by molar-refractivity contribution is 7.14. The number of aliphatic hydroxyl groups is 1. The number of carbonyl (C=O) groups excluding carboxylic acids is 2.